The lowest BCUT2D eigenvalue weighted by Crippen LogP contribution is -2.29. The zero-order chi connectivity index (χ0) is 12.7. The molecule has 0 spiro atoms. The molecule has 2 heterocycles. The molecule has 6 nitrogen and oxygen atoms in total. The summed E-state index contributed by atoms with van der Waals surface area (Å²) < 4.78 is 1.65. The summed E-state index contributed by atoms with van der Waals surface area (Å²) in [6, 6.07) is 4.09. The van der Waals surface area contributed by atoms with Gasteiger partial charge in [0.15, 0.2) is 5.65 Å². The van der Waals surface area contributed by atoms with Gasteiger partial charge < -0.3 is 11.1 Å². The first-order chi connectivity index (χ1) is 8.63. The van der Waals surface area contributed by atoms with Gasteiger partial charge in [0, 0.05) is 11.7 Å². The number of pyridine rings is 1. The van der Waals surface area contributed by atoms with Gasteiger partial charge in [0.25, 0.3) is 0 Å². The fourth-order valence-electron chi connectivity index (χ4n) is 1.91. The highest BCUT2D eigenvalue weighted by Gasteiger charge is 2.24. The smallest absolute Gasteiger partial charge is 0.240 e. The third-order valence-corrected chi connectivity index (χ3v) is 3.01. The maximum absolute atomic E-state index is 11.8. The monoisotopic (exact) mass is 245 g/mol. The number of carbonyl (C=O) groups excluding carboxylic acids is 1. The predicted octanol–water partition coefficient (Wildman–Crippen LogP) is 0.601. The number of nitrogen functional groups attached to an aromatic ring is 1. The molecule has 94 valence electrons. The van der Waals surface area contributed by atoms with E-state index in [0.717, 1.165) is 24.1 Å². The van der Waals surface area contributed by atoms with Crippen molar-refractivity contribution in [3.8, 4) is 0 Å². The zero-order valence-corrected chi connectivity index (χ0v) is 10.2. The van der Waals surface area contributed by atoms with E-state index < -0.39 is 0 Å². The third kappa shape index (κ3) is 2.01. The second-order valence-corrected chi connectivity index (χ2v) is 4.69. The number of nitrogens with one attached hydrogen (secondary N) is 1. The Morgan fingerprint density at radius 3 is 3.00 bits per heavy atom. The van der Waals surface area contributed by atoms with Crippen LogP contribution in [0.5, 0.6) is 0 Å². The van der Waals surface area contributed by atoms with E-state index in [1.54, 1.807) is 4.57 Å². The van der Waals surface area contributed by atoms with Gasteiger partial charge in [-0.25, -0.2) is 9.97 Å². The van der Waals surface area contributed by atoms with Crippen molar-refractivity contribution >= 4 is 23.0 Å². The number of amides is 1. The molecule has 1 saturated carbocycles. The van der Waals surface area contributed by atoms with E-state index in [1.807, 2.05) is 19.1 Å². The summed E-state index contributed by atoms with van der Waals surface area (Å²) in [5, 5.41) is 2.93. The zero-order valence-electron chi connectivity index (χ0n) is 10.2. The summed E-state index contributed by atoms with van der Waals surface area (Å²) in [5.41, 5.74) is 8.10. The van der Waals surface area contributed by atoms with Crippen molar-refractivity contribution in [2.75, 3.05) is 5.73 Å². The fourth-order valence-corrected chi connectivity index (χ4v) is 1.91. The van der Waals surface area contributed by atoms with E-state index in [9.17, 15) is 4.79 Å². The number of rotatable bonds is 3. The summed E-state index contributed by atoms with van der Waals surface area (Å²) >= 11 is 0. The number of imidazole rings is 1. The Hall–Kier alpha value is -2.11. The number of aromatic nitrogens is 3. The van der Waals surface area contributed by atoms with E-state index in [-0.39, 0.29) is 12.5 Å². The van der Waals surface area contributed by atoms with Crippen LogP contribution >= 0.6 is 0 Å². The molecular weight excluding hydrogens is 230 g/mol. The van der Waals surface area contributed by atoms with Crippen LogP contribution in [0.3, 0.4) is 0 Å². The molecule has 0 radical (unpaired) electrons. The van der Waals surface area contributed by atoms with Gasteiger partial charge in [-0.15, -0.1) is 0 Å². The van der Waals surface area contributed by atoms with Gasteiger partial charge in [0.2, 0.25) is 11.9 Å². The van der Waals surface area contributed by atoms with E-state index in [2.05, 4.69) is 15.3 Å². The molecule has 2 aromatic rings. The Balaban J connectivity index is 1.91. The van der Waals surface area contributed by atoms with Gasteiger partial charge in [-0.1, -0.05) is 0 Å². The molecule has 1 aliphatic carbocycles. The normalized spacial score (nSPS) is 14.9. The van der Waals surface area contributed by atoms with Crippen LogP contribution in [0.25, 0.3) is 11.2 Å². The van der Waals surface area contributed by atoms with Crippen LogP contribution in [0.2, 0.25) is 0 Å². The number of aryl methyl sites for hydroxylation is 1. The highest BCUT2D eigenvalue weighted by atomic mass is 16.2. The Morgan fingerprint density at radius 1 is 1.50 bits per heavy atom. The number of nitrogens with zero attached hydrogens (tertiary/aromatic N) is 3. The first kappa shape index (κ1) is 11.0. The molecule has 0 bridgehead atoms. The lowest BCUT2D eigenvalue weighted by atomic mass is 10.3. The standard InChI is InChI=1S/C12H15N5O/c1-7-2-5-9-11(14-7)17(12(13)16-9)6-10(18)15-8-3-4-8/h2,5,8H,3-4,6H2,1H3,(H2,13,16)(H,15,18). The molecule has 0 atom stereocenters. The van der Waals surface area contributed by atoms with E-state index in [1.165, 1.54) is 0 Å². The second kappa shape index (κ2) is 3.97. The van der Waals surface area contributed by atoms with Crippen molar-refractivity contribution in [1.29, 1.82) is 0 Å². The number of fused-ring (bicyclic) bond motifs is 1. The van der Waals surface area contributed by atoms with Crippen molar-refractivity contribution in [1.82, 2.24) is 19.9 Å². The average molecular weight is 245 g/mol. The summed E-state index contributed by atoms with van der Waals surface area (Å²) in [4.78, 5) is 20.4. The third-order valence-electron chi connectivity index (χ3n) is 3.01. The number of anilines is 1. The Bertz CT molecular complexity index is 614. The van der Waals surface area contributed by atoms with Crippen molar-refractivity contribution in [3.05, 3.63) is 17.8 Å². The van der Waals surface area contributed by atoms with Gasteiger partial charge in [-0.3, -0.25) is 9.36 Å². The van der Waals surface area contributed by atoms with Crippen LogP contribution in [-0.2, 0) is 11.3 Å². The molecule has 1 aliphatic rings. The average Bonchev–Trinajstić information content (AvgIpc) is 3.07. The van der Waals surface area contributed by atoms with Crippen LogP contribution in [0.15, 0.2) is 12.1 Å². The molecule has 2 aromatic heterocycles. The molecule has 0 saturated heterocycles. The minimum Gasteiger partial charge on any atom is -0.369 e. The second-order valence-electron chi connectivity index (χ2n) is 4.69. The minimum absolute atomic E-state index is 0.0354. The van der Waals surface area contributed by atoms with Crippen LogP contribution < -0.4 is 11.1 Å². The minimum atomic E-state index is -0.0354. The lowest BCUT2D eigenvalue weighted by Gasteiger charge is -2.06. The largest absolute Gasteiger partial charge is 0.369 e. The molecule has 18 heavy (non-hydrogen) atoms. The Morgan fingerprint density at radius 2 is 2.28 bits per heavy atom. The van der Waals surface area contributed by atoms with E-state index in [0.29, 0.717) is 17.6 Å². The Kier molecular flexibility index (Phi) is 2.43. The van der Waals surface area contributed by atoms with Gasteiger partial charge >= 0.3 is 0 Å². The molecule has 0 unspecified atom stereocenters. The summed E-state index contributed by atoms with van der Waals surface area (Å²) in [6.07, 6.45) is 2.15. The van der Waals surface area contributed by atoms with Gasteiger partial charge in [-0.05, 0) is 31.9 Å². The van der Waals surface area contributed by atoms with Gasteiger partial charge in [0.05, 0.1) is 0 Å². The van der Waals surface area contributed by atoms with E-state index >= 15 is 0 Å². The maximum Gasteiger partial charge on any atom is 0.240 e. The topological polar surface area (TPSA) is 85.8 Å². The van der Waals surface area contributed by atoms with Gasteiger partial charge in [0.1, 0.15) is 12.1 Å². The molecule has 1 amide bonds. The van der Waals surface area contributed by atoms with Crippen molar-refractivity contribution in [2.24, 2.45) is 0 Å². The molecule has 0 aromatic carbocycles. The number of hydrogen-bond donors (Lipinski definition) is 2. The van der Waals surface area contributed by atoms with Crippen LogP contribution in [0.4, 0.5) is 5.95 Å². The summed E-state index contributed by atoms with van der Waals surface area (Å²) in [6.45, 7) is 2.08. The van der Waals surface area contributed by atoms with Gasteiger partial charge in [-0.2, -0.15) is 0 Å². The van der Waals surface area contributed by atoms with Crippen molar-refractivity contribution < 1.29 is 4.79 Å². The maximum atomic E-state index is 11.8. The van der Waals surface area contributed by atoms with Crippen LogP contribution in [0, 0.1) is 6.92 Å². The van der Waals surface area contributed by atoms with Crippen LogP contribution in [-0.4, -0.2) is 26.5 Å². The predicted molar refractivity (Wildman–Crippen MR) is 67.8 cm³/mol. The van der Waals surface area contributed by atoms with Crippen molar-refractivity contribution in [3.63, 3.8) is 0 Å². The fraction of sp³-hybridized carbons (Fsp3) is 0.417. The number of carbonyl (C=O) groups is 1. The molecule has 3 N–H and O–H groups in total. The van der Waals surface area contributed by atoms with Crippen molar-refractivity contribution in [2.45, 2.75) is 32.4 Å². The lowest BCUT2D eigenvalue weighted by molar-refractivity contribution is -0.121. The first-order valence-corrected chi connectivity index (χ1v) is 6.02. The molecule has 6 heteroatoms. The van der Waals surface area contributed by atoms with Crippen LogP contribution in [0.1, 0.15) is 18.5 Å². The summed E-state index contributed by atoms with van der Waals surface area (Å²) in [7, 11) is 0. The Labute approximate surface area is 104 Å². The SMILES string of the molecule is Cc1ccc2nc(N)n(CC(=O)NC3CC3)c2n1. The molecule has 0 aliphatic heterocycles. The molecule has 1 fully saturated rings. The first-order valence-electron chi connectivity index (χ1n) is 6.02. The number of hydrogen-bond acceptors (Lipinski definition) is 4. The summed E-state index contributed by atoms with van der Waals surface area (Å²) in [5.74, 6) is 0.292. The molecule has 3 rings (SSSR count). The molecular formula is C12H15N5O. The highest BCUT2D eigenvalue weighted by Crippen LogP contribution is 2.19. The number of nitrogens with two attached hydrogens (primary N) is 1. The quantitative estimate of drug-likeness (QED) is 0.829. The highest BCUT2D eigenvalue weighted by molar-refractivity contribution is 5.81. The van der Waals surface area contributed by atoms with E-state index in [4.69, 9.17) is 5.73 Å².